The Morgan fingerprint density at radius 2 is 1.90 bits per heavy atom. The van der Waals surface area contributed by atoms with Gasteiger partial charge in [0.05, 0.1) is 7.11 Å². The van der Waals surface area contributed by atoms with Crippen LogP contribution >= 0.6 is 0 Å². The van der Waals surface area contributed by atoms with Crippen LogP contribution in [-0.4, -0.2) is 38.4 Å². The van der Waals surface area contributed by atoms with E-state index in [4.69, 9.17) is 9.47 Å². The lowest BCUT2D eigenvalue weighted by atomic mass is 9.96. The summed E-state index contributed by atoms with van der Waals surface area (Å²) in [5.41, 5.74) is -0.591. The van der Waals surface area contributed by atoms with Crippen molar-refractivity contribution in [3.8, 4) is 0 Å². The summed E-state index contributed by atoms with van der Waals surface area (Å²) in [5, 5.41) is 3.28. The molecule has 0 fully saturated rings. The van der Waals surface area contributed by atoms with Crippen molar-refractivity contribution in [1.29, 1.82) is 0 Å². The number of rotatable bonds is 12. The molecule has 0 saturated heterocycles. The summed E-state index contributed by atoms with van der Waals surface area (Å²) in [7, 11) is 1.44. The fourth-order valence-electron chi connectivity index (χ4n) is 2.11. The number of hydrogen-bond donors (Lipinski definition) is 1. The van der Waals surface area contributed by atoms with Crippen LogP contribution in [0.25, 0.3) is 0 Å². The molecular formula is C16H33NO3. The Labute approximate surface area is 124 Å². The largest absolute Gasteiger partial charge is 0.468 e. The van der Waals surface area contributed by atoms with Crippen LogP contribution in [0.1, 0.15) is 59.8 Å². The molecule has 1 atom stereocenters. The first kappa shape index (κ1) is 19.4. The van der Waals surface area contributed by atoms with Crippen LogP contribution in [0.15, 0.2) is 0 Å². The van der Waals surface area contributed by atoms with Gasteiger partial charge in [-0.2, -0.15) is 0 Å². The van der Waals surface area contributed by atoms with Crippen molar-refractivity contribution >= 4 is 5.97 Å². The normalized spacial score (nSPS) is 14.3. The minimum atomic E-state index is -0.591. The fourth-order valence-corrected chi connectivity index (χ4v) is 2.11. The summed E-state index contributed by atoms with van der Waals surface area (Å²) >= 11 is 0. The molecule has 0 aliphatic carbocycles. The van der Waals surface area contributed by atoms with E-state index >= 15 is 0 Å². The van der Waals surface area contributed by atoms with Gasteiger partial charge in [-0.25, -0.2) is 0 Å². The molecule has 4 nitrogen and oxygen atoms in total. The number of methoxy groups -OCH3 is 1. The third kappa shape index (κ3) is 8.54. The van der Waals surface area contributed by atoms with Crippen molar-refractivity contribution in [3.63, 3.8) is 0 Å². The number of nitrogens with one attached hydrogen (secondary N) is 1. The fraction of sp³-hybridized carbons (Fsp3) is 0.938. The monoisotopic (exact) mass is 287 g/mol. The highest BCUT2D eigenvalue weighted by Gasteiger charge is 2.32. The van der Waals surface area contributed by atoms with Gasteiger partial charge in [-0.1, -0.05) is 20.8 Å². The molecule has 0 aromatic heterocycles. The average molecular weight is 287 g/mol. The third-order valence-electron chi connectivity index (χ3n) is 3.44. The second kappa shape index (κ2) is 11.1. The van der Waals surface area contributed by atoms with Crippen molar-refractivity contribution in [2.24, 2.45) is 5.92 Å². The van der Waals surface area contributed by atoms with Gasteiger partial charge in [-0.3, -0.25) is 4.79 Å². The van der Waals surface area contributed by atoms with Crippen molar-refractivity contribution in [3.05, 3.63) is 0 Å². The summed E-state index contributed by atoms with van der Waals surface area (Å²) in [6, 6.07) is 0. The highest BCUT2D eigenvalue weighted by molar-refractivity contribution is 5.80. The topological polar surface area (TPSA) is 47.6 Å². The molecule has 0 spiro atoms. The number of carbonyl (C=O) groups excluding carboxylic acids is 1. The van der Waals surface area contributed by atoms with Crippen LogP contribution in [0.4, 0.5) is 0 Å². The van der Waals surface area contributed by atoms with Crippen LogP contribution < -0.4 is 5.32 Å². The average Bonchev–Trinajstić information content (AvgIpc) is 2.42. The van der Waals surface area contributed by atoms with E-state index in [2.05, 4.69) is 26.1 Å². The quantitative estimate of drug-likeness (QED) is 0.442. The van der Waals surface area contributed by atoms with Crippen LogP contribution in [0.5, 0.6) is 0 Å². The molecule has 0 amide bonds. The molecule has 4 heteroatoms. The van der Waals surface area contributed by atoms with Gasteiger partial charge in [-0.05, 0) is 51.5 Å². The lowest BCUT2D eigenvalue weighted by Gasteiger charge is -2.28. The molecule has 0 bridgehead atoms. The summed E-state index contributed by atoms with van der Waals surface area (Å²) in [6.45, 7) is 10.8. The van der Waals surface area contributed by atoms with Crippen molar-refractivity contribution in [2.75, 3.05) is 26.9 Å². The van der Waals surface area contributed by atoms with Gasteiger partial charge in [0.2, 0.25) is 0 Å². The molecule has 0 aliphatic rings. The Bertz CT molecular complexity index is 256. The smallest absolute Gasteiger partial charge is 0.325 e. The van der Waals surface area contributed by atoms with E-state index in [1.807, 2.05) is 6.92 Å². The molecule has 120 valence electrons. The highest BCUT2D eigenvalue weighted by Crippen LogP contribution is 2.15. The molecule has 0 aromatic carbocycles. The summed E-state index contributed by atoms with van der Waals surface area (Å²) in [5.74, 6) is 0.546. The van der Waals surface area contributed by atoms with Crippen LogP contribution in [0.3, 0.4) is 0 Å². The molecule has 1 N–H and O–H groups in total. The minimum absolute atomic E-state index is 0.189. The molecule has 0 rings (SSSR count). The van der Waals surface area contributed by atoms with Gasteiger partial charge in [0.15, 0.2) is 0 Å². The van der Waals surface area contributed by atoms with Gasteiger partial charge in [0.25, 0.3) is 0 Å². The standard InChI is InChI=1S/C16H33NO3/c1-6-11-17-16(4,15(18)19-5)10-8-13-20-12-7-9-14(2)3/h14,17H,6-13H2,1-5H3. The SMILES string of the molecule is CCCNC(C)(CCCOCCCC(C)C)C(=O)OC. The Morgan fingerprint density at radius 3 is 2.45 bits per heavy atom. The van der Waals surface area contributed by atoms with E-state index < -0.39 is 5.54 Å². The number of ether oxygens (including phenoxy) is 2. The van der Waals surface area contributed by atoms with Crippen LogP contribution in [0, 0.1) is 5.92 Å². The van der Waals surface area contributed by atoms with E-state index in [1.165, 1.54) is 13.5 Å². The zero-order valence-corrected chi connectivity index (χ0v) is 14.0. The highest BCUT2D eigenvalue weighted by atomic mass is 16.5. The van der Waals surface area contributed by atoms with E-state index in [-0.39, 0.29) is 5.97 Å². The first-order chi connectivity index (χ1) is 9.46. The third-order valence-corrected chi connectivity index (χ3v) is 3.44. The van der Waals surface area contributed by atoms with Crippen molar-refractivity contribution in [2.45, 2.75) is 65.3 Å². The number of carbonyl (C=O) groups is 1. The van der Waals surface area contributed by atoms with Gasteiger partial charge in [-0.15, -0.1) is 0 Å². The molecule has 1 unspecified atom stereocenters. The molecule has 0 aromatic rings. The Balaban J connectivity index is 3.88. The minimum Gasteiger partial charge on any atom is -0.468 e. The zero-order valence-electron chi connectivity index (χ0n) is 14.0. The van der Waals surface area contributed by atoms with Crippen molar-refractivity contribution in [1.82, 2.24) is 5.32 Å². The lowest BCUT2D eigenvalue weighted by molar-refractivity contribution is -0.148. The summed E-state index contributed by atoms with van der Waals surface area (Å²) in [4.78, 5) is 11.9. The van der Waals surface area contributed by atoms with E-state index in [1.54, 1.807) is 0 Å². The Morgan fingerprint density at radius 1 is 1.25 bits per heavy atom. The van der Waals surface area contributed by atoms with Gasteiger partial charge in [0.1, 0.15) is 5.54 Å². The molecule has 0 radical (unpaired) electrons. The lowest BCUT2D eigenvalue weighted by Crippen LogP contribution is -2.50. The van der Waals surface area contributed by atoms with Crippen LogP contribution in [-0.2, 0) is 14.3 Å². The van der Waals surface area contributed by atoms with Gasteiger partial charge >= 0.3 is 5.97 Å². The predicted molar refractivity (Wildman–Crippen MR) is 82.8 cm³/mol. The van der Waals surface area contributed by atoms with E-state index in [0.717, 1.165) is 44.8 Å². The maximum Gasteiger partial charge on any atom is 0.325 e. The molecule has 0 heterocycles. The number of hydrogen-bond acceptors (Lipinski definition) is 4. The van der Waals surface area contributed by atoms with Crippen LogP contribution in [0.2, 0.25) is 0 Å². The van der Waals surface area contributed by atoms with Crippen molar-refractivity contribution < 1.29 is 14.3 Å². The molecular weight excluding hydrogens is 254 g/mol. The maximum absolute atomic E-state index is 11.9. The predicted octanol–water partition coefficient (Wildman–Crippen LogP) is 3.15. The first-order valence-corrected chi connectivity index (χ1v) is 7.87. The van der Waals surface area contributed by atoms with Gasteiger partial charge in [0, 0.05) is 13.2 Å². The number of esters is 1. The zero-order chi connectivity index (χ0) is 15.4. The first-order valence-electron chi connectivity index (χ1n) is 7.87. The van der Waals surface area contributed by atoms with E-state index in [0.29, 0.717) is 6.61 Å². The Kier molecular flexibility index (Phi) is 10.8. The second-order valence-corrected chi connectivity index (χ2v) is 6.00. The van der Waals surface area contributed by atoms with Gasteiger partial charge < -0.3 is 14.8 Å². The summed E-state index contributed by atoms with van der Waals surface area (Å²) < 4.78 is 10.5. The Hall–Kier alpha value is -0.610. The summed E-state index contributed by atoms with van der Waals surface area (Å²) in [6.07, 6.45) is 4.92. The second-order valence-electron chi connectivity index (χ2n) is 6.00. The van der Waals surface area contributed by atoms with E-state index in [9.17, 15) is 4.79 Å². The molecule has 0 aliphatic heterocycles. The molecule has 0 saturated carbocycles. The molecule has 20 heavy (non-hydrogen) atoms. The maximum atomic E-state index is 11.9.